The van der Waals surface area contributed by atoms with Crippen LogP contribution in [0, 0.1) is 0 Å². The summed E-state index contributed by atoms with van der Waals surface area (Å²) in [6.07, 6.45) is 0.647. The molecule has 114 valence electrons. The summed E-state index contributed by atoms with van der Waals surface area (Å²) in [6.45, 7) is 0.742. The molecule has 22 heavy (non-hydrogen) atoms. The Balaban J connectivity index is 1.89. The minimum absolute atomic E-state index is 0.213. The SMILES string of the molecule is Cn1cc(Br)nc(Nc2ccc3c(c2)CN(C(=O)O)C3)c1=O. The molecule has 7 nitrogen and oxygen atoms in total. The van der Waals surface area contributed by atoms with E-state index in [1.165, 1.54) is 9.47 Å². The number of benzene rings is 1. The minimum Gasteiger partial charge on any atom is -0.465 e. The van der Waals surface area contributed by atoms with Crippen LogP contribution in [0.3, 0.4) is 0 Å². The molecule has 3 rings (SSSR count). The minimum atomic E-state index is -0.937. The lowest BCUT2D eigenvalue weighted by Crippen LogP contribution is -2.22. The van der Waals surface area contributed by atoms with Gasteiger partial charge >= 0.3 is 6.09 Å². The molecule has 0 spiro atoms. The van der Waals surface area contributed by atoms with Gasteiger partial charge in [0.15, 0.2) is 5.82 Å². The number of anilines is 2. The van der Waals surface area contributed by atoms with Crippen LogP contribution in [0.1, 0.15) is 11.1 Å². The highest BCUT2D eigenvalue weighted by molar-refractivity contribution is 9.10. The monoisotopic (exact) mass is 364 g/mol. The number of fused-ring (bicyclic) bond motifs is 1. The zero-order valence-electron chi connectivity index (χ0n) is 11.7. The molecule has 0 atom stereocenters. The van der Waals surface area contributed by atoms with Gasteiger partial charge in [0, 0.05) is 32.0 Å². The van der Waals surface area contributed by atoms with Crippen LogP contribution < -0.4 is 10.9 Å². The standard InChI is InChI=1S/C14H13BrN4O3/c1-18-7-11(15)17-12(13(18)20)16-10-3-2-8-5-19(14(21)22)6-9(8)4-10/h2-4,7H,5-6H2,1H3,(H,16,17)(H,21,22). The molecule has 2 aromatic rings. The van der Waals surface area contributed by atoms with Gasteiger partial charge in [-0.1, -0.05) is 6.07 Å². The summed E-state index contributed by atoms with van der Waals surface area (Å²) in [4.78, 5) is 28.5. The van der Waals surface area contributed by atoms with E-state index in [-0.39, 0.29) is 11.4 Å². The summed E-state index contributed by atoms with van der Waals surface area (Å²) in [6, 6.07) is 5.52. The van der Waals surface area contributed by atoms with E-state index >= 15 is 0 Å². The molecule has 1 aromatic heterocycles. The fraction of sp³-hybridized carbons (Fsp3) is 0.214. The van der Waals surface area contributed by atoms with Gasteiger partial charge < -0.3 is 15.0 Å². The van der Waals surface area contributed by atoms with Gasteiger partial charge in [-0.05, 0) is 39.2 Å². The first-order chi connectivity index (χ1) is 10.4. The molecule has 0 saturated heterocycles. The van der Waals surface area contributed by atoms with Crippen LogP contribution in [-0.2, 0) is 20.1 Å². The molecule has 2 N–H and O–H groups in total. The van der Waals surface area contributed by atoms with E-state index in [1.54, 1.807) is 13.2 Å². The fourth-order valence-electron chi connectivity index (χ4n) is 2.39. The van der Waals surface area contributed by atoms with Crippen molar-refractivity contribution in [3.05, 3.63) is 50.5 Å². The Bertz CT molecular complexity index is 818. The van der Waals surface area contributed by atoms with Crippen LogP contribution in [0.2, 0.25) is 0 Å². The first-order valence-corrected chi connectivity index (χ1v) is 7.33. The molecule has 0 aliphatic carbocycles. The van der Waals surface area contributed by atoms with Crippen LogP contribution >= 0.6 is 15.9 Å². The summed E-state index contributed by atoms with van der Waals surface area (Å²) in [5.74, 6) is 0.213. The average Bonchev–Trinajstić information content (AvgIpc) is 2.87. The number of carbonyl (C=O) groups is 1. The van der Waals surface area contributed by atoms with Crippen molar-refractivity contribution in [1.82, 2.24) is 14.5 Å². The fourth-order valence-corrected chi connectivity index (χ4v) is 2.88. The molecule has 8 heteroatoms. The highest BCUT2D eigenvalue weighted by Gasteiger charge is 2.22. The van der Waals surface area contributed by atoms with Gasteiger partial charge in [0.1, 0.15) is 4.60 Å². The van der Waals surface area contributed by atoms with E-state index in [9.17, 15) is 9.59 Å². The molecule has 0 unspecified atom stereocenters. The second-order valence-corrected chi connectivity index (χ2v) is 5.89. The molecule has 2 heterocycles. The molecular weight excluding hydrogens is 352 g/mol. The van der Waals surface area contributed by atoms with Crippen molar-refractivity contribution in [2.45, 2.75) is 13.1 Å². The molecule has 1 aromatic carbocycles. The van der Waals surface area contributed by atoms with E-state index in [1.807, 2.05) is 18.2 Å². The summed E-state index contributed by atoms with van der Waals surface area (Å²) in [7, 11) is 1.65. The van der Waals surface area contributed by atoms with Gasteiger partial charge in [-0.3, -0.25) is 9.69 Å². The zero-order chi connectivity index (χ0) is 15.9. The third-order valence-corrected chi connectivity index (χ3v) is 3.89. The van der Waals surface area contributed by atoms with Crippen molar-refractivity contribution < 1.29 is 9.90 Å². The number of aromatic nitrogens is 2. The van der Waals surface area contributed by atoms with Crippen molar-refractivity contribution in [3.8, 4) is 0 Å². The van der Waals surface area contributed by atoms with E-state index in [4.69, 9.17) is 5.11 Å². The van der Waals surface area contributed by atoms with E-state index < -0.39 is 6.09 Å². The predicted molar refractivity (Wildman–Crippen MR) is 84.2 cm³/mol. The molecule has 1 aliphatic rings. The largest absolute Gasteiger partial charge is 0.465 e. The maximum atomic E-state index is 12.0. The maximum absolute atomic E-state index is 12.0. The first kappa shape index (κ1) is 14.6. The van der Waals surface area contributed by atoms with Crippen molar-refractivity contribution in [2.24, 2.45) is 7.05 Å². The second kappa shape index (κ2) is 5.45. The molecule has 0 bridgehead atoms. The Morgan fingerprint density at radius 2 is 2.09 bits per heavy atom. The van der Waals surface area contributed by atoms with Crippen LogP contribution in [0.5, 0.6) is 0 Å². The Labute approximate surface area is 134 Å². The Kier molecular flexibility index (Phi) is 3.61. The normalized spacial score (nSPS) is 13.1. The van der Waals surface area contributed by atoms with Crippen LogP contribution in [0.25, 0.3) is 0 Å². The number of nitrogens with one attached hydrogen (secondary N) is 1. The Morgan fingerprint density at radius 3 is 2.82 bits per heavy atom. The number of hydrogen-bond acceptors (Lipinski definition) is 4. The van der Waals surface area contributed by atoms with E-state index in [0.29, 0.717) is 23.4 Å². The first-order valence-electron chi connectivity index (χ1n) is 6.54. The van der Waals surface area contributed by atoms with E-state index in [2.05, 4.69) is 26.2 Å². The molecule has 1 amide bonds. The lowest BCUT2D eigenvalue weighted by molar-refractivity contribution is 0.145. The third-order valence-electron chi connectivity index (χ3n) is 3.50. The molecule has 0 fully saturated rings. The highest BCUT2D eigenvalue weighted by atomic mass is 79.9. The van der Waals surface area contributed by atoms with Gasteiger partial charge in [0.25, 0.3) is 5.56 Å². The van der Waals surface area contributed by atoms with Crippen LogP contribution in [0.4, 0.5) is 16.3 Å². The Hall–Kier alpha value is -2.35. The number of nitrogens with zero attached hydrogens (tertiary/aromatic N) is 3. The van der Waals surface area contributed by atoms with Crippen molar-refractivity contribution in [1.29, 1.82) is 0 Å². The molecule has 0 saturated carbocycles. The van der Waals surface area contributed by atoms with Gasteiger partial charge in [0.05, 0.1) is 0 Å². The Morgan fingerprint density at radius 1 is 1.36 bits per heavy atom. The molecule has 0 radical (unpaired) electrons. The van der Waals surface area contributed by atoms with E-state index in [0.717, 1.165) is 11.1 Å². The summed E-state index contributed by atoms with van der Waals surface area (Å²) < 4.78 is 1.98. The highest BCUT2D eigenvalue weighted by Crippen LogP contribution is 2.26. The smallest absolute Gasteiger partial charge is 0.407 e. The molecule has 1 aliphatic heterocycles. The number of aryl methyl sites for hydroxylation is 1. The lowest BCUT2D eigenvalue weighted by Gasteiger charge is -2.09. The van der Waals surface area contributed by atoms with Crippen LogP contribution in [-0.4, -0.2) is 25.7 Å². The van der Waals surface area contributed by atoms with Crippen molar-refractivity contribution in [3.63, 3.8) is 0 Å². The van der Waals surface area contributed by atoms with Crippen molar-refractivity contribution >= 4 is 33.5 Å². The number of hydrogen-bond donors (Lipinski definition) is 2. The number of amides is 1. The number of carboxylic acid groups (broad SMARTS) is 1. The summed E-state index contributed by atoms with van der Waals surface area (Å²) in [5.41, 5.74) is 2.37. The van der Waals surface area contributed by atoms with Gasteiger partial charge in [-0.2, -0.15) is 0 Å². The number of halogens is 1. The summed E-state index contributed by atoms with van der Waals surface area (Å²) >= 11 is 3.25. The van der Waals surface area contributed by atoms with Gasteiger partial charge in [0.2, 0.25) is 0 Å². The zero-order valence-corrected chi connectivity index (χ0v) is 13.3. The average molecular weight is 365 g/mol. The summed E-state index contributed by atoms with van der Waals surface area (Å²) in [5, 5.41) is 12.0. The van der Waals surface area contributed by atoms with Crippen molar-refractivity contribution in [2.75, 3.05) is 5.32 Å². The maximum Gasteiger partial charge on any atom is 0.407 e. The van der Waals surface area contributed by atoms with Gasteiger partial charge in [-0.25, -0.2) is 9.78 Å². The predicted octanol–water partition coefficient (Wildman–Crippen LogP) is 2.28. The third kappa shape index (κ3) is 2.69. The van der Waals surface area contributed by atoms with Crippen LogP contribution in [0.15, 0.2) is 33.8 Å². The lowest BCUT2D eigenvalue weighted by atomic mass is 10.1. The van der Waals surface area contributed by atoms with Gasteiger partial charge in [-0.15, -0.1) is 0 Å². The molecular formula is C14H13BrN4O3. The number of rotatable bonds is 2. The quantitative estimate of drug-likeness (QED) is 0.853. The second-order valence-electron chi connectivity index (χ2n) is 5.08. The topological polar surface area (TPSA) is 87.5 Å².